The molecule has 0 N–H and O–H groups in total. The molecular formula is C3H7Pt. The summed E-state index contributed by atoms with van der Waals surface area (Å²) >= 11 is 0. The van der Waals surface area contributed by atoms with E-state index in [-0.39, 0.29) is 21.1 Å². The quantitative estimate of drug-likeness (QED) is 0.595. The molecule has 0 aliphatic heterocycles. The van der Waals surface area contributed by atoms with Gasteiger partial charge in [-0.1, -0.05) is 13.8 Å². The molecule has 0 unspecified atom stereocenters. The van der Waals surface area contributed by atoms with Gasteiger partial charge in [0.25, 0.3) is 0 Å². The van der Waals surface area contributed by atoms with Crippen LogP contribution in [0.1, 0.15) is 13.8 Å². The van der Waals surface area contributed by atoms with E-state index in [4.69, 9.17) is 0 Å². The van der Waals surface area contributed by atoms with Gasteiger partial charge in [-0.15, -0.1) is 0 Å². The van der Waals surface area contributed by atoms with Crippen LogP contribution in [-0.4, -0.2) is 0 Å². The Kier molecular flexibility index (Phi) is 20.6. The van der Waals surface area contributed by atoms with Gasteiger partial charge in [0.15, 0.2) is 0 Å². The normalized spacial score (nSPS) is 4.50. The summed E-state index contributed by atoms with van der Waals surface area (Å²) in [4.78, 5) is 0. The second kappa shape index (κ2) is 9.35. The topological polar surface area (TPSA) is 0 Å². The number of rotatable bonds is 0. The zero-order chi connectivity index (χ0) is 2.71. The van der Waals surface area contributed by atoms with E-state index in [2.05, 4.69) is 0 Å². The molecule has 0 heterocycles. The van der Waals surface area contributed by atoms with Gasteiger partial charge in [-0.2, -0.15) is 0 Å². The summed E-state index contributed by atoms with van der Waals surface area (Å²) in [5, 5.41) is 0. The molecule has 0 spiro atoms. The van der Waals surface area contributed by atoms with E-state index in [1.165, 1.54) is 0 Å². The molecule has 0 saturated carbocycles. The maximum atomic E-state index is 2.00. The van der Waals surface area contributed by atoms with Gasteiger partial charge in [0.2, 0.25) is 0 Å². The van der Waals surface area contributed by atoms with Crippen LogP contribution in [0.2, 0.25) is 0 Å². The molecule has 0 amide bonds. The van der Waals surface area contributed by atoms with Crippen molar-refractivity contribution in [1.29, 1.82) is 0 Å². The first-order chi connectivity index (χ1) is 1.41. The van der Waals surface area contributed by atoms with E-state index in [9.17, 15) is 0 Å². The summed E-state index contributed by atoms with van der Waals surface area (Å²) in [7, 11) is 0. The molecule has 0 aromatic rings. The summed E-state index contributed by atoms with van der Waals surface area (Å²) in [6.45, 7) is 4.00. The summed E-state index contributed by atoms with van der Waals surface area (Å²) < 4.78 is 0. The predicted octanol–water partition coefficient (Wildman–Crippen LogP) is 1.23. The van der Waals surface area contributed by atoms with Crippen LogP contribution in [0, 0.1) is 6.42 Å². The van der Waals surface area contributed by atoms with Crippen LogP contribution in [0.15, 0.2) is 0 Å². The van der Waals surface area contributed by atoms with Crippen molar-refractivity contribution < 1.29 is 21.1 Å². The van der Waals surface area contributed by atoms with Crippen LogP contribution in [0.4, 0.5) is 0 Å². The van der Waals surface area contributed by atoms with Gasteiger partial charge >= 0.3 is 0 Å². The Morgan fingerprint density at radius 3 is 1.25 bits per heavy atom. The zero-order valence-corrected chi connectivity index (χ0v) is 5.17. The molecule has 0 nitrogen and oxygen atoms in total. The minimum Gasteiger partial charge on any atom is -0.0625 e. The fourth-order valence-electron chi connectivity index (χ4n) is 0. The third kappa shape index (κ3) is 16.2. The van der Waals surface area contributed by atoms with E-state index in [1.54, 1.807) is 0 Å². The minimum atomic E-state index is 0. The average molecular weight is 238 g/mol. The van der Waals surface area contributed by atoms with Crippen molar-refractivity contribution in [3.63, 3.8) is 0 Å². The SMILES string of the molecule is C[CH]C.[Pt]. The minimum absolute atomic E-state index is 0. The van der Waals surface area contributed by atoms with Crippen molar-refractivity contribution in [2.24, 2.45) is 0 Å². The van der Waals surface area contributed by atoms with E-state index in [1.807, 2.05) is 20.3 Å². The van der Waals surface area contributed by atoms with Crippen LogP contribution in [0.3, 0.4) is 0 Å². The number of hydrogen-bond acceptors (Lipinski definition) is 0. The summed E-state index contributed by atoms with van der Waals surface area (Å²) in [5.74, 6) is 0. The Bertz CT molecular complexity index is 3.25. The maximum Gasteiger partial charge on any atom is 0 e. The van der Waals surface area contributed by atoms with Crippen molar-refractivity contribution in [1.82, 2.24) is 0 Å². The second-order valence-corrected chi connectivity index (χ2v) is 0.577. The molecule has 0 aromatic heterocycles. The molecule has 0 aliphatic rings. The van der Waals surface area contributed by atoms with Gasteiger partial charge in [-0.05, 0) is 6.42 Å². The third-order valence-corrected chi connectivity index (χ3v) is 0. The summed E-state index contributed by atoms with van der Waals surface area (Å²) in [5.41, 5.74) is 0. The fourth-order valence-corrected chi connectivity index (χ4v) is 0. The van der Waals surface area contributed by atoms with Crippen molar-refractivity contribution in [2.75, 3.05) is 0 Å². The summed E-state index contributed by atoms with van der Waals surface area (Å²) in [6, 6.07) is 0. The Balaban J connectivity index is 0. The molecule has 0 aromatic carbocycles. The molecule has 0 aliphatic carbocycles. The molecule has 0 fully saturated rings. The number of hydrogen-bond donors (Lipinski definition) is 0. The van der Waals surface area contributed by atoms with Crippen LogP contribution >= 0.6 is 0 Å². The van der Waals surface area contributed by atoms with Gasteiger partial charge in [-0.25, -0.2) is 0 Å². The largest absolute Gasteiger partial charge is 0.0625 e. The van der Waals surface area contributed by atoms with E-state index in [0.717, 1.165) is 0 Å². The van der Waals surface area contributed by atoms with Crippen molar-refractivity contribution >= 4 is 0 Å². The molecule has 0 rings (SSSR count). The molecule has 1 heteroatoms. The fraction of sp³-hybridized carbons (Fsp3) is 0.667. The summed E-state index contributed by atoms with van der Waals surface area (Å²) in [6.07, 6.45) is 2.00. The molecule has 0 atom stereocenters. The van der Waals surface area contributed by atoms with Crippen molar-refractivity contribution in [2.45, 2.75) is 13.8 Å². The van der Waals surface area contributed by atoms with Crippen LogP contribution in [-0.2, 0) is 21.1 Å². The molecule has 0 bridgehead atoms. The first-order valence-electron chi connectivity index (χ1n) is 1.15. The molecule has 29 valence electrons. The average Bonchev–Trinajstić information content (AvgIpc) is 0.918. The standard InChI is InChI=1S/C3H7.Pt/c1-3-2;/h3H,1-2H3;. The Labute approximate surface area is 41.9 Å². The van der Waals surface area contributed by atoms with E-state index < -0.39 is 0 Å². The molecule has 1 radical (unpaired) electrons. The zero-order valence-electron chi connectivity index (χ0n) is 2.89. The van der Waals surface area contributed by atoms with Crippen molar-refractivity contribution in [3.05, 3.63) is 6.42 Å². The Morgan fingerprint density at radius 2 is 1.25 bits per heavy atom. The third-order valence-electron chi connectivity index (χ3n) is 0. The Morgan fingerprint density at radius 1 is 1.25 bits per heavy atom. The van der Waals surface area contributed by atoms with E-state index >= 15 is 0 Å². The van der Waals surface area contributed by atoms with Crippen LogP contribution in [0.25, 0.3) is 0 Å². The monoisotopic (exact) mass is 238 g/mol. The van der Waals surface area contributed by atoms with Gasteiger partial charge in [0, 0.05) is 21.1 Å². The first kappa shape index (κ1) is 8.82. The second-order valence-electron chi connectivity index (χ2n) is 0.577. The van der Waals surface area contributed by atoms with E-state index in [0.29, 0.717) is 0 Å². The molecule has 0 saturated heterocycles. The molecule has 4 heavy (non-hydrogen) atoms. The van der Waals surface area contributed by atoms with Crippen LogP contribution in [0.5, 0.6) is 0 Å². The van der Waals surface area contributed by atoms with Gasteiger partial charge < -0.3 is 0 Å². The van der Waals surface area contributed by atoms with Crippen molar-refractivity contribution in [3.8, 4) is 0 Å². The van der Waals surface area contributed by atoms with Gasteiger partial charge in [-0.3, -0.25) is 0 Å². The maximum absolute atomic E-state index is 2.00. The van der Waals surface area contributed by atoms with Crippen LogP contribution < -0.4 is 0 Å². The van der Waals surface area contributed by atoms with Gasteiger partial charge in [0.05, 0.1) is 0 Å². The van der Waals surface area contributed by atoms with Gasteiger partial charge in [0.1, 0.15) is 0 Å². The predicted molar refractivity (Wildman–Crippen MR) is 15.6 cm³/mol. The molecular weight excluding hydrogens is 231 g/mol. The first-order valence-corrected chi connectivity index (χ1v) is 1.15. The Hall–Kier alpha value is 0.688. The smallest absolute Gasteiger partial charge is 0 e.